The zero-order valence-electron chi connectivity index (χ0n) is 15.0. The van der Waals surface area contributed by atoms with E-state index in [4.69, 9.17) is 0 Å². The monoisotopic (exact) mass is 354 g/mol. The molecule has 0 spiro atoms. The van der Waals surface area contributed by atoms with E-state index < -0.39 is 0 Å². The van der Waals surface area contributed by atoms with E-state index in [-0.39, 0.29) is 17.9 Å². The lowest BCUT2D eigenvalue weighted by Gasteiger charge is -2.25. The first-order valence-corrected chi connectivity index (χ1v) is 8.72. The van der Waals surface area contributed by atoms with E-state index in [1.165, 1.54) is 12.1 Å². The summed E-state index contributed by atoms with van der Waals surface area (Å²) in [5.74, 6) is -0.278. The van der Waals surface area contributed by atoms with E-state index in [0.717, 1.165) is 29.6 Å². The van der Waals surface area contributed by atoms with E-state index in [2.05, 4.69) is 14.9 Å². The summed E-state index contributed by atoms with van der Waals surface area (Å²) in [6.07, 6.45) is 2.64. The number of nitrogens with one attached hydrogen (secondary N) is 1. The fraction of sp³-hybridized carbons (Fsp3) is 0.300. The van der Waals surface area contributed by atoms with Crippen LogP contribution in [0.1, 0.15) is 24.9 Å². The van der Waals surface area contributed by atoms with Crippen molar-refractivity contribution in [1.82, 2.24) is 19.8 Å². The number of amides is 2. The number of para-hydroxylation sites is 2. The molecule has 136 valence electrons. The van der Waals surface area contributed by atoms with Gasteiger partial charge in [-0.25, -0.2) is 14.2 Å². The van der Waals surface area contributed by atoms with Crippen LogP contribution in [0.25, 0.3) is 11.0 Å². The van der Waals surface area contributed by atoms with Crippen molar-refractivity contribution in [2.45, 2.75) is 25.9 Å². The first kappa shape index (κ1) is 17.9. The zero-order chi connectivity index (χ0) is 18.5. The molecule has 0 aliphatic heterocycles. The predicted molar refractivity (Wildman–Crippen MR) is 100 cm³/mol. The van der Waals surface area contributed by atoms with Crippen LogP contribution in [0, 0.1) is 5.82 Å². The van der Waals surface area contributed by atoms with Crippen molar-refractivity contribution < 1.29 is 9.18 Å². The fourth-order valence-electron chi connectivity index (χ4n) is 2.90. The third kappa shape index (κ3) is 4.02. The van der Waals surface area contributed by atoms with Crippen LogP contribution >= 0.6 is 0 Å². The van der Waals surface area contributed by atoms with Crippen LogP contribution in [-0.2, 0) is 6.54 Å². The Morgan fingerprint density at radius 1 is 1.23 bits per heavy atom. The van der Waals surface area contributed by atoms with Gasteiger partial charge in [-0.05, 0) is 43.2 Å². The molecule has 0 aliphatic rings. The number of nitrogens with zero attached hydrogens (tertiary/aromatic N) is 3. The molecule has 6 heteroatoms. The number of imidazole rings is 1. The van der Waals surface area contributed by atoms with Crippen LogP contribution in [0.2, 0.25) is 0 Å². The Hall–Kier alpha value is -2.89. The second-order valence-corrected chi connectivity index (χ2v) is 6.35. The molecule has 5 nitrogen and oxygen atoms in total. The highest BCUT2D eigenvalue weighted by Crippen LogP contribution is 2.19. The maximum absolute atomic E-state index is 13.0. The topological polar surface area (TPSA) is 50.2 Å². The summed E-state index contributed by atoms with van der Waals surface area (Å²) in [7, 11) is 1.74. The molecule has 0 aliphatic carbocycles. The van der Waals surface area contributed by atoms with Crippen molar-refractivity contribution in [3.63, 3.8) is 0 Å². The Kier molecular flexibility index (Phi) is 5.51. The molecule has 0 saturated carbocycles. The molecule has 3 aromatic rings. The first-order valence-electron chi connectivity index (χ1n) is 8.72. The van der Waals surface area contributed by atoms with Gasteiger partial charge in [-0.3, -0.25) is 0 Å². The van der Waals surface area contributed by atoms with Gasteiger partial charge in [0.25, 0.3) is 0 Å². The van der Waals surface area contributed by atoms with Gasteiger partial charge in [0, 0.05) is 20.1 Å². The molecule has 26 heavy (non-hydrogen) atoms. The van der Waals surface area contributed by atoms with Gasteiger partial charge in [0.15, 0.2) is 0 Å². The highest BCUT2D eigenvalue weighted by atomic mass is 19.1. The number of rotatable bonds is 6. The van der Waals surface area contributed by atoms with Gasteiger partial charge in [-0.1, -0.05) is 24.3 Å². The van der Waals surface area contributed by atoms with Crippen molar-refractivity contribution in [3.05, 3.63) is 66.2 Å². The molecule has 2 amide bonds. The first-order chi connectivity index (χ1) is 12.6. The minimum Gasteiger partial charge on any atom is -0.338 e. The molecule has 1 heterocycles. The number of urea groups is 1. The number of aryl methyl sites for hydroxylation is 1. The van der Waals surface area contributed by atoms with Crippen LogP contribution in [0.5, 0.6) is 0 Å². The quantitative estimate of drug-likeness (QED) is 0.681. The third-order valence-electron chi connectivity index (χ3n) is 4.63. The van der Waals surface area contributed by atoms with Crippen LogP contribution in [0.15, 0.2) is 54.9 Å². The Balaban J connectivity index is 1.48. The molecule has 0 bridgehead atoms. The normalized spacial score (nSPS) is 12.1. The van der Waals surface area contributed by atoms with Gasteiger partial charge in [-0.15, -0.1) is 0 Å². The van der Waals surface area contributed by atoms with Crippen LogP contribution in [0.4, 0.5) is 9.18 Å². The van der Waals surface area contributed by atoms with Gasteiger partial charge >= 0.3 is 6.03 Å². The number of hydrogen-bond donors (Lipinski definition) is 1. The minimum absolute atomic E-state index is 0.131. The highest BCUT2D eigenvalue weighted by molar-refractivity contribution is 5.75. The van der Waals surface area contributed by atoms with Gasteiger partial charge in [0.1, 0.15) is 5.82 Å². The van der Waals surface area contributed by atoms with Gasteiger partial charge in [0.2, 0.25) is 0 Å². The number of hydrogen-bond acceptors (Lipinski definition) is 2. The van der Waals surface area contributed by atoms with E-state index >= 15 is 0 Å². The van der Waals surface area contributed by atoms with Crippen LogP contribution in [-0.4, -0.2) is 34.1 Å². The fourth-order valence-corrected chi connectivity index (χ4v) is 2.90. The number of aromatic nitrogens is 2. The molecule has 1 N–H and O–H groups in total. The average Bonchev–Trinajstić information content (AvgIpc) is 3.07. The number of fused-ring (bicyclic) bond motifs is 1. The lowest BCUT2D eigenvalue weighted by atomic mass is 10.1. The Labute approximate surface area is 152 Å². The third-order valence-corrected chi connectivity index (χ3v) is 4.63. The number of carbonyl (C=O) groups is 1. The Morgan fingerprint density at radius 3 is 2.73 bits per heavy atom. The highest BCUT2D eigenvalue weighted by Gasteiger charge is 2.16. The van der Waals surface area contributed by atoms with E-state index in [1.807, 2.05) is 37.5 Å². The summed E-state index contributed by atoms with van der Waals surface area (Å²) in [4.78, 5) is 18.3. The van der Waals surface area contributed by atoms with Crippen molar-refractivity contribution in [2.24, 2.45) is 0 Å². The lowest BCUT2D eigenvalue weighted by Crippen LogP contribution is -2.39. The lowest BCUT2D eigenvalue weighted by molar-refractivity contribution is 0.194. The molecule has 2 aromatic carbocycles. The summed E-state index contributed by atoms with van der Waals surface area (Å²) < 4.78 is 15.1. The molecule has 0 radical (unpaired) electrons. The summed E-state index contributed by atoms with van der Waals surface area (Å²) in [6.45, 7) is 3.29. The average molecular weight is 354 g/mol. The molecule has 1 unspecified atom stereocenters. The maximum atomic E-state index is 13.0. The van der Waals surface area contributed by atoms with Crippen molar-refractivity contribution in [2.75, 3.05) is 13.6 Å². The van der Waals surface area contributed by atoms with E-state index in [9.17, 15) is 9.18 Å². The van der Waals surface area contributed by atoms with Gasteiger partial charge in [0.05, 0.1) is 23.4 Å². The predicted octanol–water partition coefficient (Wildman–Crippen LogP) is 3.97. The molecule has 0 fully saturated rings. The summed E-state index contributed by atoms with van der Waals surface area (Å²) in [6, 6.07) is 13.9. The zero-order valence-corrected chi connectivity index (χ0v) is 15.0. The largest absolute Gasteiger partial charge is 0.338 e. The Bertz CT molecular complexity index is 875. The molecule has 3 rings (SSSR count). The SMILES string of the molecule is CC(c1ccc(F)cc1)N(C)C(=O)NCCCn1cnc2ccccc21. The maximum Gasteiger partial charge on any atom is 0.317 e. The second-order valence-electron chi connectivity index (χ2n) is 6.35. The van der Waals surface area contributed by atoms with Gasteiger partial charge < -0.3 is 14.8 Å². The summed E-state index contributed by atoms with van der Waals surface area (Å²) >= 11 is 0. The molecular formula is C20H23FN4O. The van der Waals surface area contributed by atoms with E-state index in [0.29, 0.717) is 6.54 Å². The summed E-state index contributed by atoms with van der Waals surface area (Å²) in [5.41, 5.74) is 2.97. The van der Waals surface area contributed by atoms with Crippen molar-refractivity contribution >= 4 is 17.1 Å². The smallest absolute Gasteiger partial charge is 0.317 e. The number of benzene rings is 2. The standard InChI is InChI=1S/C20H23FN4O/c1-15(16-8-10-17(21)11-9-16)24(2)20(26)22-12-5-13-25-14-23-18-6-3-4-7-19(18)25/h3-4,6-11,14-15H,5,12-13H2,1-2H3,(H,22,26). The summed E-state index contributed by atoms with van der Waals surface area (Å²) in [5, 5.41) is 2.93. The van der Waals surface area contributed by atoms with Gasteiger partial charge in [-0.2, -0.15) is 0 Å². The Morgan fingerprint density at radius 2 is 1.96 bits per heavy atom. The minimum atomic E-state index is -0.278. The number of halogens is 1. The number of carbonyl (C=O) groups excluding carboxylic acids is 1. The van der Waals surface area contributed by atoms with Crippen LogP contribution < -0.4 is 5.32 Å². The van der Waals surface area contributed by atoms with Crippen LogP contribution in [0.3, 0.4) is 0 Å². The molecule has 1 aromatic heterocycles. The van der Waals surface area contributed by atoms with Crippen molar-refractivity contribution in [3.8, 4) is 0 Å². The molecule has 0 saturated heterocycles. The van der Waals surface area contributed by atoms with E-state index in [1.54, 1.807) is 24.1 Å². The molecular weight excluding hydrogens is 331 g/mol. The second kappa shape index (κ2) is 7.99. The van der Waals surface area contributed by atoms with Crippen molar-refractivity contribution in [1.29, 1.82) is 0 Å². The molecule has 1 atom stereocenters.